The zero-order valence-electron chi connectivity index (χ0n) is 11.4. The maximum absolute atomic E-state index is 5.60. The van der Waals surface area contributed by atoms with Gasteiger partial charge in [0.15, 0.2) is 0 Å². The fourth-order valence-corrected chi connectivity index (χ4v) is 1.22. The molecule has 0 spiro atoms. The minimum absolute atomic E-state index is 0. The van der Waals surface area contributed by atoms with E-state index < -0.39 is 0 Å². The molecule has 2 heteroatoms. The highest BCUT2D eigenvalue weighted by Gasteiger charge is 2.01. The third-order valence-corrected chi connectivity index (χ3v) is 1.90. The van der Waals surface area contributed by atoms with Crippen LogP contribution in [0.4, 0.5) is 0 Å². The van der Waals surface area contributed by atoms with Crippen molar-refractivity contribution in [1.82, 2.24) is 0 Å². The van der Waals surface area contributed by atoms with Gasteiger partial charge in [-0.15, -0.1) is 0 Å². The van der Waals surface area contributed by atoms with Crippen molar-refractivity contribution in [2.75, 3.05) is 0 Å². The molecule has 89 valence electrons. The monoisotopic (exact) mass is 219 g/mol. The van der Waals surface area contributed by atoms with E-state index in [9.17, 15) is 0 Å². The first-order valence-corrected chi connectivity index (χ1v) is 5.86. The highest BCUT2D eigenvalue weighted by molar-refractivity contribution is 5.75. The van der Waals surface area contributed by atoms with E-state index in [1.54, 1.807) is 0 Å². The van der Waals surface area contributed by atoms with Crippen LogP contribution >= 0.6 is 0 Å². The van der Waals surface area contributed by atoms with Crippen molar-refractivity contribution in [2.45, 2.75) is 53.6 Å². The molecule has 0 unspecified atom stereocenters. The number of benzene rings is 1. The Hall–Kier alpha value is -0.915. The van der Waals surface area contributed by atoms with Gasteiger partial charge in [0.2, 0.25) is 0 Å². The van der Waals surface area contributed by atoms with Crippen molar-refractivity contribution in [3.05, 3.63) is 29.8 Å². The summed E-state index contributed by atoms with van der Waals surface area (Å²) in [4.78, 5) is 0. The van der Waals surface area contributed by atoms with Crippen LogP contribution in [0.5, 0.6) is 5.75 Å². The molecule has 0 amide bonds. The molecular weight excluding hydrogens is 195 g/mol. The molecule has 1 aromatic rings. The van der Waals surface area contributed by atoms with E-state index in [0.717, 1.165) is 5.75 Å². The molecule has 1 nitrogen and oxygen atoms in total. The lowest BCUT2D eigenvalue weighted by atomic mass is 10.0. The summed E-state index contributed by atoms with van der Waals surface area (Å²) in [5.41, 5.74) is 1.33. The molecule has 1 rings (SSSR count). The van der Waals surface area contributed by atoms with Gasteiger partial charge in [0, 0.05) is 8.41 Å². The molecule has 0 N–H and O–H groups in total. The number of hydrogen-bond acceptors (Lipinski definition) is 1. The van der Waals surface area contributed by atoms with Crippen LogP contribution < -0.4 is 4.74 Å². The summed E-state index contributed by atoms with van der Waals surface area (Å²) in [6.07, 6.45) is 0.252. The molecule has 0 bridgehead atoms. The van der Waals surface area contributed by atoms with Gasteiger partial charge in [-0.1, -0.05) is 39.8 Å². The average Bonchev–Trinajstić information content (AvgIpc) is 2.20. The van der Waals surface area contributed by atoms with Gasteiger partial charge >= 0.3 is 0 Å². The summed E-state index contributed by atoms with van der Waals surface area (Å²) < 4.78 is 5.60. The van der Waals surface area contributed by atoms with Crippen molar-refractivity contribution >= 4 is 8.41 Å². The van der Waals surface area contributed by atoms with Crippen LogP contribution in [-0.4, -0.2) is 14.5 Å². The Bertz CT molecular complexity index is 269. The van der Waals surface area contributed by atoms with Gasteiger partial charge < -0.3 is 4.74 Å². The standard InChI is InChI=1S/C12H18O.C2H6.B/c1-9(2)11-6-5-7-12(8-11)13-10(3)4;1-2;/h5-10H,1-4H3;1-2H3;. The molecule has 0 fully saturated rings. The third kappa shape index (κ3) is 6.55. The Balaban J connectivity index is 0. The van der Waals surface area contributed by atoms with E-state index in [1.165, 1.54) is 5.56 Å². The lowest BCUT2D eigenvalue weighted by Gasteiger charge is -2.12. The van der Waals surface area contributed by atoms with Gasteiger partial charge in [-0.25, -0.2) is 0 Å². The Morgan fingerprint density at radius 1 is 1.00 bits per heavy atom. The maximum atomic E-state index is 5.60. The first-order valence-electron chi connectivity index (χ1n) is 5.86. The van der Waals surface area contributed by atoms with E-state index in [0.29, 0.717) is 5.92 Å². The smallest absolute Gasteiger partial charge is 0.119 e. The summed E-state index contributed by atoms with van der Waals surface area (Å²) in [6.45, 7) is 12.5. The van der Waals surface area contributed by atoms with Crippen LogP contribution in [0.15, 0.2) is 24.3 Å². The molecule has 16 heavy (non-hydrogen) atoms. The molecule has 0 saturated heterocycles. The molecular formula is C14H24BO. The lowest BCUT2D eigenvalue weighted by Crippen LogP contribution is -2.05. The number of ether oxygens (including phenoxy) is 1. The molecule has 0 aromatic heterocycles. The number of hydrogen-bond donors (Lipinski definition) is 0. The highest BCUT2D eigenvalue weighted by Crippen LogP contribution is 2.20. The molecule has 3 radical (unpaired) electrons. The van der Waals surface area contributed by atoms with Gasteiger partial charge in [0.1, 0.15) is 5.75 Å². The zero-order chi connectivity index (χ0) is 11.8. The molecule has 0 aliphatic rings. The van der Waals surface area contributed by atoms with Crippen molar-refractivity contribution in [3.63, 3.8) is 0 Å². The van der Waals surface area contributed by atoms with Crippen molar-refractivity contribution in [2.24, 2.45) is 0 Å². The summed E-state index contributed by atoms with van der Waals surface area (Å²) >= 11 is 0. The van der Waals surface area contributed by atoms with Crippen LogP contribution in [0, 0.1) is 0 Å². The average molecular weight is 219 g/mol. The highest BCUT2D eigenvalue weighted by atomic mass is 16.5. The van der Waals surface area contributed by atoms with Gasteiger partial charge in [0.25, 0.3) is 0 Å². The van der Waals surface area contributed by atoms with Crippen LogP contribution in [-0.2, 0) is 0 Å². The first-order chi connectivity index (χ1) is 7.09. The minimum Gasteiger partial charge on any atom is -0.491 e. The maximum Gasteiger partial charge on any atom is 0.119 e. The van der Waals surface area contributed by atoms with E-state index in [2.05, 4.69) is 26.0 Å². The predicted octanol–water partition coefficient (Wildman–Crippen LogP) is 4.24. The normalized spacial score (nSPS) is 9.25. The van der Waals surface area contributed by atoms with Crippen molar-refractivity contribution < 1.29 is 4.74 Å². The van der Waals surface area contributed by atoms with E-state index >= 15 is 0 Å². The summed E-state index contributed by atoms with van der Waals surface area (Å²) in [6, 6.07) is 8.31. The van der Waals surface area contributed by atoms with E-state index in [-0.39, 0.29) is 14.5 Å². The molecule has 0 atom stereocenters. The molecule has 1 aromatic carbocycles. The largest absolute Gasteiger partial charge is 0.491 e. The second-order valence-electron chi connectivity index (χ2n) is 3.89. The molecule has 0 heterocycles. The Kier molecular flexibility index (Phi) is 10.2. The van der Waals surface area contributed by atoms with Crippen LogP contribution in [0.2, 0.25) is 0 Å². The fourth-order valence-electron chi connectivity index (χ4n) is 1.22. The Morgan fingerprint density at radius 2 is 1.56 bits per heavy atom. The van der Waals surface area contributed by atoms with Crippen molar-refractivity contribution in [3.8, 4) is 5.75 Å². The number of rotatable bonds is 3. The van der Waals surface area contributed by atoms with Crippen LogP contribution in [0.25, 0.3) is 0 Å². The van der Waals surface area contributed by atoms with Gasteiger partial charge in [-0.2, -0.15) is 0 Å². The van der Waals surface area contributed by atoms with Crippen molar-refractivity contribution in [1.29, 1.82) is 0 Å². The summed E-state index contributed by atoms with van der Waals surface area (Å²) in [5.74, 6) is 1.54. The Labute approximate surface area is 103 Å². The van der Waals surface area contributed by atoms with Gasteiger partial charge in [-0.3, -0.25) is 0 Å². The second kappa shape index (κ2) is 9.32. The van der Waals surface area contributed by atoms with E-state index in [4.69, 9.17) is 4.74 Å². The zero-order valence-corrected chi connectivity index (χ0v) is 11.4. The van der Waals surface area contributed by atoms with Crippen LogP contribution in [0.3, 0.4) is 0 Å². The van der Waals surface area contributed by atoms with Gasteiger partial charge in [0.05, 0.1) is 6.10 Å². The molecule has 0 saturated carbocycles. The van der Waals surface area contributed by atoms with Crippen LogP contribution in [0.1, 0.15) is 53.0 Å². The van der Waals surface area contributed by atoms with Gasteiger partial charge in [-0.05, 0) is 37.5 Å². The Morgan fingerprint density at radius 3 is 2.00 bits per heavy atom. The first kappa shape index (κ1) is 17.5. The third-order valence-electron chi connectivity index (χ3n) is 1.90. The molecule has 0 aliphatic carbocycles. The SMILES string of the molecule is CC.CC(C)Oc1cccc(C(C)C)c1.[B]. The predicted molar refractivity (Wildman–Crippen MR) is 73.4 cm³/mol. The lowest BCUT2D eigenvalue weighted by molar-refractivity contribution is 0.242. The summed E-state index contributed by atoms with van der Waals surface area (Å²) in [5, 5.41) is 0. The molecule has 0 aliphatic heterocycles. The quantitative estimate of drug-likeness (QED) is 0.690. The van der Waals surface area contributed by atoms with E-state index in [1.807, 2.05) is 39.8 Å². The second-order valence-corrected chi connectivity index (χ2v) is 3.89. The topological polar surface area (TPSA) is 9.23 Å². The minimum atomic E-state index is 0. The summed E-state index contributed by atoms with van der Waals surface area (Å²) in [7, 11) is 0. The fraction of sp³-hybridized carbons (Fsp3) is 0.571.